The molecule has 1 aliphatic rings. The number of allylic oxidation sites excluding steroid dienone is 1. The first-order chi connectivity index (χ1) is 18.4. The molecule has 0 saturated carbocycles. The molecule has 0 fully saturated rings. The molecule has 1 unspecified atom stereocenters. The maximum atomic E-state index is 13.3. The first-order valence-corrected chi connectivity index (χ1v) is 13.4. The zero-order valence-corrected chi connectivity index (χ0v) is 21.1. The van der Waals surface area contributed by atoms with Crippen LogP contribution in [0.25, 0.3) is 28.2 Å². The molecular formula is C30H22NO6P. The molecule has 0 radical (unpaired) electrons. The van der Waals surface area contributed by atoms with E-state index in [1.807, 2.05) is 48.5 Å². The van der Waals surface area contributed by atoms with E-state index < -0.39 is 7.60 Å². The molecule has 5 aromatic rings. The van der Waals surface area contributed by atoms with Crippen molar-refractivity contribution in [1.29, 1.82) is 0 Å². The molecule has 38 heavy (non-hydrogen) atoms. The van der Waals surface area contributed by atoms with E-state index in [4.69, 9.17) is 14.0 Å². The highest BCUT2D eigenvalue weighted by Gasteiger charge is 2.30. The topological polar surface area (TPSA) is 97.8 Å². The molecule has 0 bridgehead atoms. The van der Waals surface area contributed by atoms with Gasteiger partial charge in [0.1, 0.15) is 17.2 Å². The second-order valence-electron chi connectivity index (χ2n) is 8.74. The molecule has 2 heterocycles. The Morgan fingerprint density at radius 2 is 1.61 bits per heavy atom. The Bertz CT molecular complexity index is 1760. The minimum atomic E-state index is -4.12. The van der Waals surface area contributed by atoms with Crippen molar-refractivity contribution in [3.05, 3.63) is 114 Å². The maximum absolute atomic E-state index is 13.3. The highest BCUT2D eigenvalue weighted by Crippen LogP contribution is 2.44. The van der Waals surface area contributed by atoms with E-state index in [9.17, 15) is 14.3 Å². The number of rotatable bonds is 6. The number of H-pyrrole nitrogens is 1. The van der Waals surface area contributed by atoms with Crippen LogP contribution in [-0.4, -0.2) is 22.8 Å². The molecule has 7 nitrogen and oxygen atoms in total. The number of benzene rings is 4. The van der Waals surface area contributed by atoms with Crippen LogP contribution in [0.5, 0.6) is 17.2 Å². The summed E-state index contributed by atoms with van der Waals surface area (Å²) >= 11 is 0. The van der Waals surface area contributed by atoms with Gasteiger partial charge in [0, 0.05) is 22.5 Å². The molecule has 188 valence electrons. The summed E-state index contributed by atoms with van der Waals surface area (Å²) in [6.07, 6.45) is 1.71. The molecule has 1 atom stereocenters. The standard InChI is InChI=1S/C30H22NO6P/c1-35-20-13-15-26-24(16-20)25(29(31-26)19-8-4-2-5-9-19)18-28-30(32)23-14-12-21(17-27(23)36-28)37-38(33,34)22-10-6-3-7-11-22/h2-18,31H,1H3,(H,33,34)/b28-18-. The van der Waals surface area contributed by atoms with Crippen LogP contribution < -0.4 is 19.3 Å². The third kappa shape index (κ3) is 4.28. The third-order valence-electron chi connectivity index (χ3n) is 6.34. The van der Waals surface area contributed by atoms with Gasteiger partial charge in [-0.15, -0.1) is 0 Å². The lowest BCUT2D eigenvalue weighted by Gasteiger charge is -2.13. The zero-order chi connectivity index (χ0) is 26.3. The fraction of sp³-hybridized carbons (Fsp3) is 0.0333. The number of ether oxygens (including phenoxy) is 2. The van der Waals surface area contributed by atoms with E-state index in [-0.39, 0.29) is 28.3 Å². The molecule has 4 aromatic carbocycles. The molecule has 2 N–H and O–H groups in total. The molecule has 0 aliphatic carbocycles. The van der Waals surface area contributed by atoms with Crippen LogP contribution in [-0.2, 0) is 4.57 Å². The van der Waals surface area contributed by atoms with Crippen molar-refractivity contribution >= 4 is 35.7 Å². The van der Waals surface area contributed by atoms with Gasteiger partial charge < -0.3 is 23.9 Å². The van der Waals surface area contributed by atoms with Gasteiger partial charge in [-0.2, -0.15) is 0 Å². The van der Waals surface area contributed by atoms with Crippen LogP contribution in [0.1, 0.15) is 15.9 Å². The Kier molecular flexibility index (Phi) is 5.87. The van der Waals surface area contributed by atoms with Crippen LogP contribution in [0.15, 0.2) is 103 Å². The predicted molar refractivity (Wildman–Crippen MR) is 146 cm³/mol. The second kappa shape index (κ2) is 9.38. The van der Waals surface area contributed by atoms with Gasteiger partial charge in [0.25, 0.3) is 0 Å². The van der Waals surface area contributed by atoms with E-state index in [2.05, 4.69) is 4.98 Å². The highest BCUT2D eigenvalue weighted by atomic mass is 31.2. The minimum Gasteiger partial charge on any atom is -0.497 e. The van der Waals surface area contributed by atoms with Crippen molar-refractivity contribution in [2.24, 2.45) is 0 Å². The quantitative estimate of drug-likeness (QED) is 0.199. The van der Waals surface area contributed by atoms with E-state index in [1.54, 1.807) is 31.4 Å². The second-order valence-corrected chi connectivity index (χ2v) is 10.5. The van der Waals surface area contributed by atoms with Crippen LogP contribution in [0, 0.1) is 0 Å². The average molecular weight is 523 g/mol. The van der Waals surface area contributed by atoms with Gasteiger partial charge in [0.15, 0.2) is 5.76 Å². The molecule has 0 saturated heterocycles. The fourth-order valence-electron chi connectivity index (χ4n) is 4.47. The number of ketones is 1. The SMILES string of the molecule is COc1ccc2[nH]c(-c3ccccc3)c(/C=C3\Oc4cc(OP(=O)(O)c5ccccc5)ccc4C3=O)c2c1. The number of methoxy groups -OCH3 is 1. The number of carbonyl (C=O) groups excluding carboxylic acids is 1. The van der Waals surface area contributed by atoms with Crippen molar-refractivity contribution in [2.75, 3.05) is 7.11 Å². The summed E-state index contributed by atoms with van der Waals surface area (Å²) < 4.78 is 29.6. The molecule has 8 heteroatoms. The summed E-state index contributed by atoms with van der Waals surface area (Å²) in [5.74, 6) is 0.900. The minimum absolute atomic E-state index is 0.120. The Balaban J connectivity index is 1.38. The first-order valence-electron chi connectivity index (χ1n) is 11.8. The van der Waals surface area contributed by atoms with Gasteiger partial charge in [0.05, 0.1) is 23.7 Å². The monoisotopic (exact) mass is 523 g/mol. The Labute approximate surface area is 218 Å². The Morgan fingerprint density at radius 3 is 2.34 bits per heavy atom. The first kappa shape index (κ1) is 23.8. The highest BCUT2D eigenvalue weighted by molar-refractivity contribution is 7.61. The molecule has 1 aromatic heterocycles. The third-order valence-corrected chi connectivity index (χ3v) is 7.75. The van der Waals surface area contributed by atoms with E-state index in [0.29, 0.717) is 11.3 Å². The van der Waals surface area contributed by atoms with Crippen LogP contribution >= 0.6 is 7.60 Å². The fourth-order valence-corrected chi connectivity index (χ4v) is 5.52. The normalized spacial score (nSPS) is 15.2. The summed E-state index contributed by atoms with van der Waals surface area (Å²) in [4.78, 5) is 27.2. The summed E-state index contributed by atoms with van der Waals surface area (Å²) in [6.45, 7) is 0. The van der Waals surface area contributed by atoms with Crippen molar-refractivity contribution in [3.63, 3.8) is 0 Å². The van der Waals surface area contributed by atoms with Gasteiger partial charge >= 0.3 is 7.60 Å². The summed E-state index contributed by atoms with van der Waals surface area (Å²) in [5.41, 5.74) is 3.79. The van der Waals surface area contributed by atoms with Gasteiger partial charge in [-0.3, -0.25) is 4.79 Å². The maximum Gasteiger partial charge on any atom is 0.408 e. The zero-order valence-electron chi connectivity index (χ0n) is 20.3. The van der Waals surface area contributed by atoms with Gasteiger partial charge in [-0.05, 0) is 54.1 Å². The largest absolute Gasteiger partial charge is 0.497 e. The summed E-state index contributed by atoms with van der Waals surface area (Å²) in [7, 11) is -2.51. The number of hydrogen-bond donors (Lipinski definition) is 2. The summed E-state index contributed by atoms with van der Waals surface area (Å²) in [6, 6.07) is 28.1. The molecule has 1 aliphatic heterocycles. The predicted octanol–water partition coefficient (Wildman–Crippen LogP) is 6.35. The Hall–Kier alpha value is -4.58. The van der Waals surface area contributed by atoms with E-state index in [1.165, 1.54) is 30.3 Å². The van der Waals surface area contributed by atoms with Crippen molar-refractivity contribution in [2.45, 2.75) is 0 Å². The number of nitrogens with one attached hydrogen (secondary N) is 1. The Morgan fingerprint density at radius 1 is 0.895 bits per heavy atom. The van der Waals surface area contributed by atoms with Crippen LogP contribution in [0.2, 0.25) is 0 Å². The molecule has 0 amide bonds. The smallest absolute Gasteiger partial charge is 0.408 e. The summed E-state index contributed by atoms with van der Waals surface area (Å²) in [5, 5.41) is 1.04. The molecule has 6 rings (SSSR count). The van der Waals surface area contributed by atoms with Gasteiger partial charge in [0.2, 0.25) is 5.78 Å². The van der Waals surface area contributed by atoms with Crippen LogP contribution in [0.3, 0.4) is 0 Å². The van der Waals surface area contributed by atoms with Gasteiger partial charge in [-0.25, -0.2) is 4.57 Å². The number of hydrogen-bond acceptors (Lipinski definition) is 5. The lowest BCUT2D eigenvalue weighted by Crippen LogP contribution is -2.08. The van der Waals surface area contributed by atoms with Gasteiger partial charge in [-0.1, -0.05) is 48.5 Å². The van der Waals surface area contributed by atoms with Crippen molar-refractivity contribution in [1.82, 2.24) is 4.98 Å². The number of carbonyl (C=O) groups is 1. The number of aromatic amines is 1. The number of Topliss-reactive ketones (excluding diaryl/α,β-unsaturated/α-hetero) is 1. The van der Waals surface area contributed by atoms with E-state index in [0.717, 1.165) is 27.7 Å². The van der Waals surface area contributed by atoms with E-state index >= 15 is 0 Å². The van der Waals surface area contributed by atoms with Crippen LogP contribution in [0.4, 0.5) is 0 Å². The molecule has 0 spiro atoms. The lowest BCUT2D eigenvalue weighted by molar-refractivity contribution is 0.101. The number of aromatic nitrogens is 1. The number of fused-ring (bicyclic) bond motifs is 2. The lowest BCUT2D eigenvalue weighted by atomic mass is 10.0. The average Bonchev–Trinajstić information content (AvgIpc) is 3.46. The van der Waals surface area contributed by atoms with Crippen molar-refractivity contribution < 1.29 is 28.3 Å². The van der Waals surface area contributed by atoms with Crippen molar-refractivity contribution in [3.8, 4) is 28.5 Å². The molecular weight excluding hydrogens is 501 g/mol.